The van der Waals surface area contributed by atoms with Crippen molar-refractivity contribution in [2.45, 2.75) is 346 Å². The Hall–Kier alpha value is -1.07. The first-order valence-electron chi connectivity index (χ1n) is 29.9. The molecule has 0 radical (unpaired) electrons. The molecule has 9 heteroatoms. The van der Waals surface area contributed by atoms with Gasteiger partial charge in [0.05, 0.1) is 25.4 Å². The molecule has 0 aromatic rings. The van der Waals surface area contributed by atoms with Gasteiger partial charge in [-0.1, -0.05) is 270 Å². The number of nitrogens with one attached hydrogen (secondary N) is 1. The van der Waals surface area contributed by atoms with Gasteiger partial charge < -0.3 is 40.3 Å². The van der Waals surface area contributed by atoms with E-state index in [-0.39, 0.29) is 12.5 Å². The lowest BCUT2D eigenvalue weighted by Gasteiger charge is -2.40. The first kappa shape index (κ1) is 64.9. The van der Waals surface area contributed by atoms with Crippen LogP contribution in [0.4, 0.5) is 0 Å². The number of aliphatic hydroxyl groups excluding tert-OH is 5. The average Bonchev–Trinajstić information content (AvgIpc) is 3.34. The largest absolute Gasteiger partial charge is 0.394 e. The van der Waals surface area contributed by atoms with Crippen LogP contribution in [0.25, 0.3) is 0 Å². The van der Waals surface area contributed by atoms with Gasteiger partial charge >= 0.3 is 0 Å². The van der Waals surface area contributed by atoms with Crippen molar-refractivity contribution in [2.75, 3.05) is 13.2 Å². The summed E-state index contributed by atoms with van der Waals surface area (Å²) < 4.78 is 11.3. The highest BCUT2D eigenvalue weighted by molar-refractivity contribution is 5.76. The van der Waals surface area contributed by atoms with E-state index in [0.29, 0.717) is 12.8 Å². The predicted molar refractivity (Wildman–Crippen MR) is 286 cm³/mol. The zero-order valence-corrected chi connectivity index (χ0v) is 44.9. The minimum absolute atomic E-state index is 0.134. The van der Waals surface area contributed by atoms with Gasteiger partial charge in [-0.05, 0) is 38.5 Å². The Balaban J connectivity index is 2.19. The highest BCUT2D eigenvalue weighted by Crippen LogP contribution is 2.23. The summed E-state index contributed by atoms with van der Waals surface area (Å²) in [6.07, 6.45) is 53.8. The van der Waals surface area contributed by atoms with E-state index in [9.17, 15) is 30.3 Å². The molecule has 1 rings (SSSR count). The highest BCUT2D eigenvalue weighted by Gasteiger charge is 2.44. The van der Waals surface area contributed by atoms with Gasteiger partial charge in [-0.25, -0.2) is 0 Å². The Bertz CT molecular complexity index is 1080. The molecular weight excluding hydrogens is 851 g/mol. The van der Waals surface area contributed by atoms with Crippen LogP contribution in [-0.2, 0) is 14.3 Å². The number of rotatable bonds is 52. The maximum atomic E-state index is 13.1. The van der Waals surface area contributed by atoms with Crippen LogP contribution in [0.1, 0.15) is 303 Å². The highest BCUT2D eigenvalue weighted by atomic mass is 16.7. The Morgan fingerprint density at radius 2 is 0.824 bits per heavy atom. The number of amides is 1. The summed E-state index contributed by atoms with van der Waals surface area (Å²) in [7, 11) is 0. The molecule has 0 aromatic carbocycles. The van der Waals surface area contributed by atoms with Crippen LogP contribution >= 0.6 is 0 Å². The van der Waals surface area contributed by atoms with Crippen molar-refractivity contribution in [3.63, 3.8) is 0 Å². The van der Waals surface area contributed by atoms with Gasteiger partial charge in [0.15, 0.2) is 6.29 Å². The normalized spacial score (nSPS) is 19.5. The fourth-order valence-electron chi connectivity index (χ4n) is 9.87. The quantitative estimate of drug-likeness (QED) is 0.0261. The molecule has 1 heterocycles. The maximum Gasteiger partial charge on any atom is 0.220 e. The average molecular weight is 967 g/mol. The van der Waals surface area contributed by atoms with Crippen LogP contribution in [0.3, 0.4) is 0 Å². The number of allylic oxidation sites excluding steroid dienone is 2. The molecule has 0 aromatic heterocycles. The minimum Gasteiger partial charge on any atom is -0.394 e. The van der Waals surface area contributed by atoms with Crippen LogP contribution in [0, 0.1) is 0 Å². The molecule has 0 spiro atoms. The summed E-state index contributed by atoms with van der Waals surface area (Å²) in [5.74, 6) is -0.141. The number of carbonyl (C=O) groups excluding carboxylic acids is 1. The second-order valence-corrected chi connectivity index (χ2v) is 21.1. The van der Waals surface area contributed by atoms with Crippen molar-refractivity contribution in [3.8, 4) is 0 Å². The van der Waals surface area contributed by atoms with Crippen LogP contribution < -0.4 is 5.32 Å². The van der Waals surface area contributed by atoms with E-state index in [2.05, 4.69) is 31.3 Å². The third-order valence-corrected chi connectivity index (χ3v) is 14.6. The summed E-state index contributed by atoms with van der Waals surface area (Å²) in [5, 5.41) is 54.7. The zero-order valence-electron chi connectivity index (χ0n) is 44.9. The van der Waals surface area contributed by atoms with Crippen molar-refractivity contribution in [3.05, 3.63) is 12.2 Å². The van der Waals surface area contributed by atoms with Crippen molar-refractivity contribution >= 4 is 5.91 Å². The summed E-state index contributed by atoms with van der Waals surface area (Å²) in [6.45, 7) is 3.88. The third-order valence-electron chi connectivity index (χ3n) is 14.6. The predicted octanol–water partition coefficient (Wildman–Crippen LogP) is 14.8. The number of aliphatic hydroxyl groups is 5. The van der Waals surface area contributed by atoms with Crippen LogP contribution in [0.5, 0.6) is 0 Å². The second kappa shape index (κ2) is 49.5. The molecule has 9 nitrogen and oxygen atoms in total. The van der Waals surface area contributed by atoms with Gasteiger partial charge in [0, 0.05) is 6.42 Å². The van der Waals surface area contributed by atoms with Gasteiger partial charge in [-0.3, -0.25) is 4.79 Å². The molecule has 404 valence electrons. The van der Waals surface area contributed by atoms with Crippen LogP contribution in [0.2, 0.25) is 0 Å². The summed E-state index contributed by atoms with van der Waals surface area (Å²) in [6, 6.07) is -0.718. The van der Waals surface area contributed by atoms with Crippen molar-refractivity contribution in [2.24, 2.45) is 0 Å². The molecule has 1 amide bonds. The van der Waals surface area contributed by atoms with Gasteiger partial charge in [0.1, 0.15) is 24.4 Å². The van der Waals surface area contributed by atoms with Gasteiger partial charge in [-0.2, -0.15) is 0 Å². The first-order chi connectivity index (χ1) is 33.3. The van der Waals surface area contributed by atoms with E-state index >= 15 is 0 Å². The Kier molecular flexibility index (Phi) is 47.3. The monoisotopic (exact) mass is 966 g/mol. The molecule has 1 aliphatic rings. The topological polar surface area (TPSA) is 149 Å². The molecule has 1 fully saturated rings. The molecule has 0 aliphatic carbocycles. The zero-order chi connectivity index (χ0) is 49.4. The summed E-state index contributed by atoms with van der Waals surface area (Å²) in [5.41, 5.74) is 0. The Morgan fingerprint density at radius 1 is 0.485 bits per heavy atom. The number of hydrogen-bond acceptors (Lipinski definition) is 8. The van der Waals surface area contributed by atoms with Gasteiger partial charge in [-0.15, -0.1) is 0 Å². The fraction of sp³-hybridized carbons (Fsp3) is 0.949. The Labute approximate surface area is 420 Å². The lowest BCUT2D eigenvalue weighted by molar-refractivity contribution is -0.302. The molecular formula is C59H115NO8. The standard InChI is InChI=1S/C59H115NO8/c1-3-5-7-9-11-13-15-17-19-21-23-25-26-27-29-30-32-34-36-38-40-42-44-46-48-53(62)52(51-67-59-58(66)57(65)56(64)54(50-61)68-59)60-55(63)49-47-45-43-41-39-37-35-33-31-28-24-22-20-18-16-14-12-10-8-6-4-2/h22,24,52-54,56-59,61-62,64-66H,3-21,23,25-51H2,1-2H3,(H,60,63)/b24-22-. The SMILES string of the molecule is CCCCCCCCCC/C=C\CCCCCCCCCCCC(=O)NC(COC1OC(CO)C(O)C(O)C1O)C(O)CCCCCCCCCCCCCCCCCCCCCCCCCC. The second-order valence-electron chi connectivity index (χ2n) is 21.1. The summed E-state index contributed by atoms with van der Waals surface area (Å²) >= 11 is 0. The first-order valence-corrected chi connectivity index (χ1v) is 29.9. The van der Waals surface area contributed by atoms with Crippen LogP contribution in [0.15, 0.2) is 12.2 Å². The van der Waals surface area contributed by atoms with E-state index in [1.807, 2.05) is 0 Å². The number of ether oxygens (including phenoxy) is 2. The molecule has 1 saturated heterocycles. The lowest BCUT2D eigenvalue weighted by Crippen LogP contribution is -2.60. The van der Waals surface area contributed by atoms with Crippen LogP contribution in [-0.4, -0.2) is 87.5 Å². The van der Waals surface area contributed by atoms with Gasteiger partial charge in [0.25, 0.3) is 0 Å². The molecule has 0 saturated carbocycles. The van der Waals surface area contributed by atoms with Gasteiger partial charge in [0.2, 0.25) is 5.91 Å². The summed E-state index contributed by atoms with van der Waals surface area (Å²) in [4.78, 5) is 13.1. The minimum atomic E-state index is -1.55. The van der Waals surface area contributed by atoms with Crippen molar-refractivity contribution in [1.29, 1.82) is 0 Å². The number of hydrogen-bond donors (Lipinski definition) is 6. The molecule has 1 aliphatic heterocycles. The van der Waals surface area contributed by atoms with E-state index < -0.39 is 49.5 Å². The van der Waals surface area contributed by atoms with E-state index in [0.717, 1.165) is 38.5 Å². The molecule has 6 N–H and O–H groups in total. The van der Waals surface area contributed by atoms with Crippen molar-refractivity contribution in [1.82, 2.24) is 5.32 Å². The van der Waals surface area contributed by atoms with E-state index in [1.165, 1.54) is 238 Å². The number of carbonyl (C=O) groups is 1. The van der Waals surface area contributed by atoms with E-state index in [1.54, 1.807) is 0 Å². The Morgan fingerprint density at radius 3 is 1.19 bits per heavy atom. The maximum absolute atomic E-state index is 13.1. The molecule has 7 unspecified atom stereocenters. The lowest BCUT2D eigenvalue weighted by atomic mass is 9.99. The van der Waals surface area contributed by atoms with Crippen molar-refractivity contribution < 1.29 is 39.8 Å². The molecule has 7 atom stereocenters. The van der Waals surface area contributed by atoms with E-state index in [4.69, 9.17) is 9.47 Å². The number of unbranched alkanes of at least 4 members (excludes halogenated alkanes) is 40. The smallest absolute Gasteiger partial charge is 0.220 e. The fourth-order valence-corrected chi connectivity index (χ4v) is 9.87. The molecule has 0 bridgehead atoms. The molecule has 68 heavy (non-hydrogen) atoms. The third kappa shape index (κ3) is 38.6.